The molecule has 1 saturated carbocycles. The van der Waals surface area contributed by atoms with Gasteiger partial charge >= 0.3 is 0 Å². The molecule has 0 bridgehead atoms. The Kier molecular flexibility index (Phi) is 7.56. The maximum atomic E-state index is 13.0. The third-order valence-electron chi connectivity index (χ3n) is 7.29. The van der Waals surface area contributed by atoms with Crippen LogP contribution in [0.5, 0.6) is 0 Å². The summed E-state index contributed by atoms with van der Waals surface area (Å²) in [7, 11) is -1.93. The van der Waals surface area contributed by atoms with E-state index in [0.717, 1.165) is 18.4 Å². The van der Waals surface area contributed by atoms with Crippen molar-refractivity contribution in [1.82, 2.24) is 0 Å². The fourth-order valence-corrected chi connectivity index (χ4v) is 5.85. The number of rotatable bonds is 7. The van der Waals surface area contributed by atoms with Gasteiger partial charge in [0.2, 0.25) is 0 Å². The van der Waals surface area contributed by atoms with Gasteiger partial charge < -0.3 is 9.53 Å². The van der Waals surface area contributed by atoms with E-state index in [0.29, 0.717) is 12.8 Å². The number of hydrogen-bond donors (Lipinski definition) is 1. The van der Waals surface area contributed by atoms with Crippen molar-refractivity contribution in [2.75, 3.05) is 0 Å². The zero-order valence-electron chi connectivity index (χ0n) is 19.7. The Hall–Kier alpha value is -1.75. The molecule has 3 rings (SSSR count). The van der Waals surface area contributed by atoms with E-state index in [-0.39, 0.29) is 28.8 Å². The zero-order valence-corrected chi connectivity index (χ0v) is 20.7. The van der Waals surface area contributed by atoms with Gasteiger partial charge in [-0.2, -0.15) is 0 Å². The number of hydrogen-bond acceptors (Lipinski definition) is 3. The molecule has 1 N–H and O–H groups in total. The average Bonchev–Trinajstić information content (AvgIpc) is 2.71. The Morgan fingerprint density at radius 2 is 1.58 bits per heavy atom. The van der Waals surface area contributed by atoms with Crippen LogP contribution in [0.3, 0.4) is 0 Å². The van der Waals surface area contributed by atoms with Crippen molar-refractivity contribution in [3.8, 4) is 0 Å². The van der Waals surface area contributed by atoms with Gasteiger partial charge in [0.1, 0.15) is 0 Å². The van der Waals surface area contributed by atoms with Gasteiger partial charge in [-0.1, -0.05) is 81.4 Å². The first-order chi connectivity index (χ1) is 14.6. The van der Waals surface area contributed by atoms with Crippen molar-refractivity contribution in [1.29, 1.82) is 0 Å². The Balaban J connectivity index is 1.79. The molecule has 0 heterocycles. The van der Waals surface area contributed by atoms with Crippen molar-refractivity contribution < 1.29 is 14.3 Å². The SMILES string of the molecule is CC(C)(C)[Si](C)(C)O[C@H]1C[C@@H](Cc2ccccc2)[C@H](CC(=O)c2ccccc2)[C@@H](O)C1. The van der Waals surface area contributed by atoms with Crippen LogP contribution in [-0.4, -0.2) is 31.4 Å². The molecule has 0 radical (unpaired) electrons. The summed E-state index contributed by atoms with van der Waals surface area (Å²) in [4.78, 5) is 13.0. The number of carbonyl (C=O) groups excluding carboxylic acids is 1. The van der Waals surface area contributed by atoms with Gasteiger partial charge in [0, 0.05) is 18.1 Å². The lowest BCUT2D eigenvalue weighted by Gasteiger charge is -2.45. The molecule has 2 aromatic rings. The second kappa shape index (κ2) is 9.80. The number of ketones is 1. The Morgan fingerprint density at radius 1 is 1.00 bits per heavy atom. The Morgan fingerprint density at radius 3 is 2.16 bits per heavy atom. The van der Waals surface area contributed by atoms with Crippen molar-refractivity contribution in [2.45, 2.75) is 76.8 Å². The highest BCUT2D eigenvalue weighted by Crippen LogP contribution is 2.42. The first-order valence-electron chi connectivity index (χ1n) is 11.5. The number of aliphatic hydroxyl groups excluding tert-OH is 1. The molecule has 0 spiro atoms. The van der Waals surface area contributed by atoms with Crippen LogP contribution in [-0.2, 0) is 10.8 Å². The van der Waals surface area contributed by atoms with Crippen LogP contribution in [0.1, 0.15) is 56.0 Å². The topological polar surface area (TPSA) is 46.5 Å². The van der Waals surface area contributed by atoms with Crippen LogP contribution in [0.25, 0.3) is 0 Å². The Labute approximate surface area is 189 Å². The van der Waals surface area contributed by atoms with Crippen molar-refractivity contribution in [2.24, 2.45) is 11.8 Å². The summed E-state index contributed by atoms with van der Waals surface area (Å²) in [5, 5.41) is 11.3. The standard InChI is InChI=1S/C27H38O3Si/c1-27(2,3)31(4,5)30-23-17-22(16-20-12-8-6-9-13-20)24(26(29)18-23)19-25(28)21-14-10-7-11-15-21/h6-15,22-24,26,29H,16-19H2,1-5H3/t22-,23+,24+,26+/m1/s1. The lowest BCUT2D eigenvalue weighted by molar-refractivity contribution is -0.0277. The minimum Gasteiger partial charge on any atom is -0.414 e. The molecule has 0 aliphatic heterocycles. The number of aliphatic hydroxyl groups is 1. The molecule has 1 fully saturated rings. The first kappa shape index (κ1) is 23.9. The van der Waals surface area contributed by atoms with Gasteiger partial charge in [0.05, 0.1) is 6.10 Å². The molecule has 1 aliphatic rings. The highest BCUT2D eigenvalue weighted by Gasteiger charge is 2.44. The minimum atomic E-state index is -1.93. The molecule has 3 nitrogen and oxygen atoms in total. The molecule has 4 atom stereocenters. The summed E-state index contributed by atoms with van der Waals surface area (Å²) >= 11 is 0. The van der Waals surface area contributed by atoms with Crippen LogP contribution >= 0.6 is 0 Å². The van der Waals surface area contributed by atoms with Crippen LogP contribution in [0.15, 0.2) is 60.7 Å². The van der Waals surface area contributed by atoms with E-state index < -0.39 is 14.4 Å². The number of benzene rings is 2. The van der Waals surface area contributed by atoms with E-state index in [4.69, 9.17) is 4.43 Å². The molecule has 0 aromatic heterocycles. The van der Waals surface area contributed by atoms with Gasteiger partial charge in [-0.3, -0.25) is 4.79 Å². The Bertz CT molecular complexity index is 842. The average molecular weight is 439 g/mol. The van der Waals surface area contributed by atoms with Crippen molar-refractivity contribution in [3.63, 3.8) is 0 Å². The van der Waals surface area contributed by atoms with E-state index in [2.05, 4.69) is 58.1 Å². The maximum Gasteiger partial charge on any atom is 0.192 e. The molecule has 1 aliphatic carbocycles. The molecular formula is C27H38O3Si. The molecule has 0 saturated heterocycles. The van der Waals surface area contributed by atoms with Crippen LogP contribution in [0.4, 0.5) is 0 Å². The zero-order chi connectivity index (χ0) is 22.6. The van der Waals surface area contributed by atoms with E-state index in [1.807, 2.05) is 36.4 Å². The lowest BCUT2D eigenvalue weighted by atomic mass is 9.71. The van der Waals surface area contributed by atoms with Gasteiger partial charge in [-0.25, -0.2) is 0 Å². The highest BCUT2D eigenvalue weighted by molar-refractivity contribution is 6.74. The second-order valence-electron chi connectivity index (χ2n) is 10.6. The van der Waals surface area contributed by atoms with Crippen LogP contribution in [0.2, 0.25) is 18.1 Å². The summed E-state index contributed by atoms with van der Waals surface area (Å²) in [5.74, 6) is 0.284. The van der Waals surface area contributed by atoms with Crippen LogP contribution < -0.4 is 0 Å². The highest BCUT2D eigenvalue weighted by atomic mass is 28.4. The van der Waals surface area contributed by atoms with Gasteiger partial charge in [0.15, 0.2) is 14.1 Å². The number of carbonyl (C=O) groups is 1. The molecule has 0 amide bonds. The van der Waals surface area contributed by atoms with Gasteiger partial charge in [-0.15, -0.1) is 0 Å². The van der Waals surface area contributed by atoms with Gasteiger partial charge in [-0.05, 0) is 54.8 Å². The third kappa shape index (κ3) is 6.15. The molecule has 2 aromatic carbocycles. The second-order valence-corrected chi connectivity index (χ2v) is 15.4. The van der Waals surface area contributed by atoms with E-state index in [9.17, 15) is 9.90 Å². The van der Waals surface area contributed by atoms with E-state index in [1.54, 1.807) is 0 Å². The summed E-state index contributed by atoms with van der Waals surface area (Å²) in [6.07, 6.45) is 2.28. The van der Waals surface area contributed by atoms with E-state index >= 15 is 0 Å². The molecule has 31 heavy (non-hydrogen) atoms. The minimum absolute atomic E-state index is 0.0488. The third-order valence-corrected chi connectivity index (χ3v) is 11.8. The van der Waals surface area contributed by atoms with Crippen molar-refractivity contribution in [3.05, 3.63) is 71.8 Å². The smallest absolute Gasteiger partial charge is 0.192 e. The quantitative estimate of drug-likeness (QED) is 0.409. The summed E-state index contributed by atoms with van der Waals surface area (Å²) in [6.45, 7) is 11.3. The van der Waals surface area contributed by atoms with E-state index in [1.165, 1.54) is 5.56 Å². The molecule has 168 valence electrons. The fraction of sp³-hybridized carbons (Fsp3) is 0.519. The number of Topliss-reactive ketones (excluding diaryl/α,β-unsaturated/α-hetero) is 1. The first-order valence-corrected chi connectivity index (χ1v) is 14.5. The predicted octanol–water partition coefficient (Wildman–Crippen LogP) is 6.28. The molecule has 4 heteroatoms. The maximum absolute atomic E-state index is 13.0. The van der Waals surface area contributed by atoms with Gasteiger partial charge in [0.25, 0.3) is 0 Å². The fourth-order valence-electron chi connectivity index (χ4n) is 4.47. The summed E-state index contributed by atoms with van der Waals surface area (Å²) < 4.78 is 6.71. The normalized spacial score (nSPS) is 24.7. The molecular weight excluding hydrogens is 400 g/mol. The predicted molar refractivity (Wildman–Crippen MR) is 130 cm³/mol. The largest absolute Gasteiger partial charge is 0.414 e. The van der Waals surface area contributed by atoms with Crippen molar-refractivity contribution >= 4 is 14.1 Å². The molecule has 0 unspecified atom stereocenters. The summed E-state index contributed by atoms with van der Waals surface area (Å²) in [6, 6.07) is 19.9. The van der Waals surface area contributed by atoms with Crippen LogP contribution in [0, 0.1) is 11.8 Å². The summed E-state index contributed by atoms with van der Waals surface area (Å²) in [5.41, 5.74) is 1.98. The monoisotopic (exact) mass is 438 g/mol. The lowest BCUT2D eigenvalue weighted by Crippen LogP contribution is -2.49.